The molecular weight excluding hydrogens is 379 g/mol. The minimum Gasteiger partial charge on any atom is -0.481 e. The maximum absolute atomic E-state index is 10.9. The molecule has 21 heavy (non-hydrogen) atoms. The van der Waals surface area contributed by atoms with Gasteiger partial charge in [0.05, 0.1) is 17.5 Å². The van der Waals surface area contributed by atoms with Gasteiger partial charge in [0.15, 0.2) is 0 Å². The van der Waals surface area contributed by atoms with Crippen LogP contribution in [0.25, 0.3) is 22.4 Å². The van der Waals surface area contributed by atoms with E-state index < -0.39 is 5.97 Å². The zero-order valence-corrected chi connectivity index (χ0v) is 13.3. The first-order valence-electron chi connectivity index (χ1n) is 6.58. The summed E-state index contributed by atoms with van der Waals surface area (Å²) in [6, 6.07) is 15.9. The standard InChI is InChI=1S/C16H13IN2O2/c17-12-7-5-11(6-8-12)16-18-13-3-1-2-4-14(13)19(16)10-9-15(20)21/h1-8H,9-10H2,(H,20,21). The van der Waals surface area contributed by atoms with Gasteiger partial charge < -0.3 is 9.67 Å². The Labute approximate surface area is 135 Å². The van der Waals surface area contributed by atoms with E-state index in [-0.39, 0.29) is 6.42 Å². The predicted octanol–water partition coefficient (Wildman–Crippen LogP) is 3.78. The number of rotatable bonds is 4. The van der Waals surface area contributed by atoms with Gasteiger partial charge in [0.1, 0.15) is 5.82 Å². The van der Waals surface area contributed by atoms with Gasteiger partial charge in [0.2, 0.25) is 0 Å². The number of nitrogens with zero attached hydrogens (tertiary/aromatic N) is 2. The highest BCUT2D eigenvalue weighted by Crippen LogP contribution is 2.25. The summed E-state index contributed by atoms with van der Waals surface area (Å²) in [6.45, 7) is 0.414. The van der Waals surface area contributed by atoms with Crippen molar-refractivity contribution in [3.63, 3.8) is 0 Å². The van der Waals surface area contributed by atoms with Crippen LogP contribution in [0.3, 0.4) is 0 Å². The van der Waals surface area contributed by atoms with Crippen LogP contribution in [0.15, 0.2) is 48.5 Å². The zero-order valence-electron chi connectivity index (χ0n) is 11.2. The number of carboxylic acids is 1. The molecule has 4 nitrogen and oxygen atoms in total. The smallest absolute Gasteiger partial charge is 0.305 e. The van der Waals surface area contributed by atoms with E-state index in [1.165, 1.54) is 0 Å². The highest BCUT2D eigenvalue weighted by atomic mass is 127. The molecule has 0 aliphatic heterocycles. The molecule has 0 atom stereocenters. The molecule has 0 unspecified atom stereocenters. The van der Waals surface area contributed by atoms with Crippen molar-refractivity contribution < 1.29 is 9.90 Å². The molecule has 0 bridgehead atoms. The molecule has 1 aromatic heterocycles. The summed E-state index contributed by atoms with van der Waals surface area (Å²) in [5.74, 6) is 0.00944. The molecule has 3 aromatic rings. The van der Waals surface area contributed by atoms with Crippen LogP contribution in [-0.2, 0) is 11.3 Å². The number of imidazole rings is 1. The number of aryl methyl sites for hydroxylation is 1. The highest BCUT2D eigenvalue weighted by Gasteiger charge is 2.13. The number of aliphatic carboxylic acids is 1. The first-order valence-corrected chi connectivity index (χ1v) is 7.66. The molecule has 0 saturated heterocycles. The Balaban J connectivity index is 2.13. The number of aromatic nitrogens is 2. The van der Waals surface area contributed by atoms with Crippen molar-refractivity contribution in [1.29, 1.82) is 0 Å². The predicted molar refractivity (Wildman–Crippen MR) is 90.1 cm³/mol. The van der Waals surface area contributed by atoms with Crippen LogP contribution in [0, 0.1) is 3.57 Å². The molecule has 0 aliphatic carbocycles. The average Bonchev–Trinajstić information content (AvgIpc) is 2.84. The van der Waals surface area contributed by atoms with Crippen LogP contribution >= 0.6 is 22.6 Å². The number of carbonyl (C=O) groups is 1. The lowest BCUT2D eigenvalue weighted by atomic mass is 10.2. The van der Waals surface area contributed by atoms with E-state index in [2.05, 4.69) is 27.6 Å². The molecule has 0 radical (unpaired) electrons. The maximum Gasteiger partial charge on any atom is 0.305 e. The maximum atomic E-state index is 10.9. The molecule has 3 rings (SSSR count). The second-order valence-electron chi connectivity index (χ2n) is 4.73. The third-order valence-corrected chi connectivity index (χ3v) is 4.03. The molecule has 1 heterocycles. The van der Waals surface area contributed by atoms with Gasteiger partial charge in [0, 0.05) is 15.7 Å². The Hall–Kier alpha value is -1.89. The van der Waals surface area contributed by atoms with Gasteiger partial charge in [-0.1, -0.05) is 24.3 Å². The average molecular weight is 392 g/mol. The molecular formula is C16H13IN2O2. The van der Waals surface area contributed by atoms with Crippen LogP contribution < -0.4 is 0 Å². The largest absolute Gasteiger partial charge is 0.481 e. The quantitative estimate of drug-likeness (QED) is 0.688. The number of fused-ring (bicyclic) bond motifs is 1. The molecule has 106 valence electrons. The van der Waals surface area contributed by atoms with Crippen molar-refractivity contribution in [2.24, 2.45) is 0 Å². The Kier molecular flexibility index (Phi) is 3.92. The van der Waals surface area contributed by atoms with E-state index in [0.717, 1.165) is 26.0 Å². The number of carboxylic acid groups (broad SMARTS) is 1. The van der Waals surface area contributed by atoms with E-state index >= 15 is 0 Å². The molecule has 0 aliphatic rings. The summed E-state index contributed by atoms with van der Waals surface area (Å²) in [5.41, 5.74) is 2.85. The van der Waals surface area contributed by atoms with E-state index in [0.29, 0.717) is 6.54 Å². The minimum absolute atomic E-state index is 0.0811. The minimum atomic E-state index is -0.804. The third kappa shape index (κ3) is 2.92. The fourth-order valence-corrected chi connectivity index (χ4v) is 2.69. The van der Waals surface area contributed by atoms with Crippen LogP contribution in [-0.4, -0.2) is 20.6 Å². The molecule has 1 N–H and O–H groups in total. The zero-order chi connectivity index (χ0) is 14.8. The summed E-state index contributed by atoms with van der Waals surface area (Å²) >= 11 is 2.26. The summed E-state index contributed by atoms with van der Waals surface area (Å²) in [4.78, 5) is 15.5. The molecule has 0 amide bonds. The van der Waals surface area contributed by atoms with Crippen molar-refractivity contribution in [2.75, 3.05) is 0 Å². The molecule has 0 spiro atoms. The van der Waals surface area contributed by atoms with Crippen LogP contribution in [0.4, 0.5) is 0 Å². The van der Waals surface area contributed by atoms with Gasteiger partial charge >= 0.3 is 5.97 Å². The second-order valence-corrected chi connectivity index (χ2v) is 5.97. The number of hydrogen-bond donors (Lipinski definition) is 1. The van der Waals surface area contributed by atoms with E-state index in [1.807, 2.05) is 53.1 Å². The lowest BCUT2D eigenvalue weighted by Crippen LogP contribution is -2.06. The Bertz CT molecular complexity index is 794. The van der Waals surface area contributed by atoms with Gasteiger partial charge in [-0.2, -0.15) is 0 Å². The summed E-state index contributed by atoms with van der Waals surface area (Å²) < 4.78 is 3.13. The molecule has 0 fully saturated rings. The summed E-state index contributed by atoms with van der Waals surface area (Å²) in [6.07, 6.45) is 0.0811. The van der Waals surface area contributed by atoms with Crippen molar-refractivity contribution >= 4 is 39.6 Å². The van der Waals surface area contributed by atoms with Crippen molar-refractivity contribution in [3.8, 4) is 11.4 Å². The van der Waals surface area contributed by atoms with Crippen molar-refractivity contribution in [2.45, 2.75) is 13.0 Å². The van der Waals surface area contributed by atoms with Gasteiger partial charge in [-0.15, -0.1) is 0 Å². The van der Waals surface area contributed by atoms with E-state index in [4.69, 9.17) is 5.11 Å². The summed E-state index contributed by atoms with van der Waals surface area (Å²) in [5, 5.41) is 8.95. The first-order chi connectivity index (χ1) is 10.1. The Morgan fingerprint density at radius 2 is 1.86 bits per heavy atom. The lowest BCUT2D eigenvalue weighted by Gasteiger charge is -2.08. The number of benzene rings is 2. The van der Waals surface area contributed by atoms with Crippen molar-refractivity contribution in [1.82, 2.24) is 9.55 Å². The molecule has 0 saturated carbocycles. The van der Waals surface area contributed by atoms with Crippen LogP contribution in [0.1, 0.15) is 6.42 Å². The number of para-hydroxylation sites is 2. The topological polar surface area (TPSA) is 55.1 Å². The van der Waals surface area contributed by atoms with Gasteiger partial charge in [0.25, 0.3) is 0 Å². The monoisotopic (exact) mass is 392 g/mol. The highest BCUT2D eigenvalue weighted by molar-refractivity contribution is 14.1. The lowest BCUT2D eigenvalue weighted by molar-refractivity contribution is -0.137. The van der Waals surface area contributed by atoms with Crippen molar-refractivity contribution in [3.05, 3.63) is 52.1 Å². The van der Waals surface area contributed by atoms with Crippen LogP contribution in [0.2, 0.25) is 0 Å². The first kappa shape index (κ1) is 14.1. The second kappa shape index (κ2) is 5.85. The fraction of sp³-hybridized carbons (Fsp3) is 0.125. The molecule has 5 heteroatoms. The molecule has 2 aromatic carbocycles. The number of hydrogen-bond acceptors (Lipinski definition) is 2. The van der Waals surface area contributed by atoms with Gasteiger partial charge in [-0.25, -0.2) is 4.98 Å². The Morgan fingerprint density at radius 1 is 1.14 bits per heavy atom. The van der Waals surface area contributed by atoms with Gasteiger partial charge in [-0.3, -0.25) is 4.79 Å². The normalized spacial score (nSPS) is 10.9. The Morgan fingerprint density at radius 3 is 2.57 bits per heavy atom. The van der Waals surface area contributed by atoms with E-state index in [9.17, 15) is 4.79 Å². The SMILES string of the molecule is O=C(O)CCn1c(-c2ccc(I)cc2)nc2ccccc21. The number of halogens is 1. The fourth-order valence-electron chi connectivity index (χ4n) is 2.33. The van der Waals surface area contributed by atoms with Crippen LogP contribution in [0.5, 0.6) is 0 Å². The van der Waals surface area contributed by atoms with Gasteiger partial charge in [-0.05, 0) is 46.9 Å². The van der Waals surface area contributed by atoms with E-state index in [1.54, 1.807) is 0 Å². The third-order valence-electron chi connectivity index (χ3n) is 3.31. The summed E-state index contributed by atoms with van der Waals surface area (Å²) in [7, 11) is 0.